The lowest BCUT2D eigenvalue weighted by molar-refractivity contribution is 0.396. The minimum absolute atomic E-state index is 0.125. The summed E-state index contributed by atoms with van der Waals surface area (Å²) >= 11 is 0. The molecule has 0 spiro atoms. The Labute approximate surface area is 120 Å². The normalized spacial score (nSPS) is 21.3. The van der Waals surface area contributed by atoms with Crippen LogP contribution in [0.1, 0.15) is 26.0 Å². The van der Waals surface area contributed by atoms with Gasteiger partial charge in [-0.1, -0.05) is 0 Å². The molecule has 1 aromatic rings. The molecule has 0 bridgehead atoms. The van der Waals surface area contributed by atoms with Crippen molar-refractivity contribution in [1.29, 1.82) is 0 Å². The van der Waals surface area contributed by atoms with Gasteiger partial charge in [0.2, 0.25) is 11.8 Å². The number of aromatic nitrogens is 2. The Morgan fingerprint density at radius 3 is 2.65 bits per heavy atom. The van der Waals surface area contributed by atoms with Crippen LogP contribution >= 0.6 is 0 Å². The molecule has 7 heteroatoms. The van der Waals surface area contributed by atoms with Gasteiger partial charge in [0, 0.05) is 24.8 Å². The quantitative estimate of drug-likeness (QED) is 0.817. The lowest BCUT2D eigenvalue weighted by atomic mass is 10.1. The van der Waals surface area contributed by atoms with Crippen molar-refractivity contribution in [3.05, 3.63) is 11.8 Å². The van der Waals surface area contributed by atoms with Crippen LogP contribution in [0.5, 0.6) is 5.88 Å². The predicted molar refractivity (Wildman–Crippen MR) is 78.0 cm³/mol. The largest absolute Gasteiger partial charge is 0.481 e. The Hall–Kier alpha value is -1.37. The van der Waals surface area contributed by atoms with Gasteiger partial charge in [-0.25, -0.2) is 13.4 Å². The third-order valence-electron chi connectivity index (χ3n) is 3.77. The zero-order valence-corrected chi connectivity index (χ0v) is 13.2. The maximum absolute atomic E-state index is 12.2. The highest BCUT2D eigenvalue weighted by atomic mass is 32.2. The summed E-state index contributed by atoms with van der Waals surface area (Å²) in [6.07, 6.45) is 0.564. The number of ether oxygens (including phenoxy) is 1. The number of rotatable bonds is 2. The molecule has 1 aliphatic heterocycles. The van der Waals surface area contributed by atoms with E-state index in [1.54, 1.807) is 27.0 Å². The predicted octanol–water partition coefficient (Wildman–Crippen LogP) is 1.20. The van der Waals surface area contributed by atoms with Crippen LogP contribution in [-0.4, -0.2) is 49.1 Å². The molecule has 112 valence electrons. The zero-order valence-electron chi connectivity index (χ0n) is 12.4. The highest BCUT2D eigenvalue weighted by Crippen LogP contribution is 2.27. The fourth-order valence-electron chi connectivity index (χ4n) is 2.15. The average molecular weight is 299 g/mol. The van der Waals surface area contributed by atoms with Gasteiger partial charge in [0.15, 0.2) is 9.84 Å². The van der Waals surface area contributed by atoms with Crippen LogP contribution in [0.25, 0.3) is 0 Å². The molecule has 20 heavy (non-hydrogen) atoms. The second-order valence-electron chi connectivity index (χ2n) is 5.67. The summed E-state index contributed by atoms with van der Waals surface area (Å²) in [4.78, 5) is 10.6. The van der Waals surface area contributed by atoms with Gasteiger partial charge in [-0.15, -0.1) is 0 Å². The Morgan fingerprint density at radius 1 is 1.30 bits per heavy atom. The summed E-state index contributed by atoms with van der Waals surface area (Å²) in [5, 5.41) is 0. The van der Waals surface area contributed by atoms with E-state index in [1.165, 1.54) is 0 Å². The molecular formula is C13H21N3O3S. The lowest BCUT2D eigenvalue weighted by Gasteiger charge is -2.22. The topological polar surface area (TPSA) is 72.4 Å². The molecule has 1 aliphatic rings. The van der Waals surface area contributed by atoms with E-state index < -0.39 is 14.6 Å². The second-order valence-corrected chi connectivity index (χ2v) is 8.41. The molecule has 0 atom stereocenters. The van der Waals surface area contributed by atoms with E-state index in [9.17, 15) is 8.42 Å². The minimum atomic E-state index is -3.09. The molecule has 6 nitrogen and oxygen atoms in total. The van der Waals surface area contributed by atoms with Crippen molar-refractivity contribution in [2.75, 3.05) is 30.9 Å². The first kappa shape index (κ1) is 15.0. The van der Waals surface area contributed by atoms with Crippen LogP contribution in [0, 0.1) is 6.92 Å². The summed E-state index contributed by atoms with van der Waals surface area (Å²) in [5.74, 6) is 1.16. The third-order valence-corrected chi connectivity index (χ3v) is 6.37. The molecule has 0 aliphatic carbocycles. The summed E-state index contributed by atoms with van der Waals surface area (Å²) in [6, 6.07) is 1.75. The third kappa shape index (κ3) is 2.87. The van der Waals surface area contributed by atoms with Gasteiger partial charge in [-0.2, -0.15) is 4.98 Å². The fourth-order valence-corrected chi connectivity index (χ4v) is 3.56. The van der Waals surface area contributed by atoms with E-state index in [0.717, 1.165) is 5.69 Å². The van der Waals surface area contributed by atoms with Gasteiger partial charge in [0.1, 0.15) is 0 Å². The Bertz CT molecular complexity index is 599. The monoisotopic (exact) mass is 299 g/mol. The molecule has 0 N–H and O–H groups in total. The van der Waals surface area contributed by atoms with Crippen molar-refractivity contribution in [2.45, 2.75) is 31.9 Å². The van der Waals surface area contributed by atoms with Crippen LogP contribution in [0.3, 0.4) is 0 Å². The number of hydrogen-bond donors (Lipinski definition) is 0. The van der Waals surface area contributed by atoms with E-state index in [2.05, 4.69) is 9.97 Å². The smallest absolute Gasteiger partial charge is 0.228 e. The number of methoxy groups -OCH3 is 1. The van der Waals surface area contributed by atoms with E-state index >= 15 is 0 Å². The van der Waals surface area contributed by atoms with Crippen molar-refractivity contribution in [2.24, 2.45) is 0 Å². The first-order valence-corrected chi connectivity index (χ1v) is 8.27. The van der Waals surface area contributed by atoms with Crippen molar-refractivity contribution in [3.8, 4) is 5.88 Å². The van der Waals surface area contributed by atoms with Gasteiger partial charge in [-0.3, -0.25) is 0 Å². The van der Waals surface area contributed by atoms with E-state index in [1.807, 2.05) is 11.8 Å². The molecule has 2 rings (SSSR count). The van der Waals surface area contributed by atoms with Crippen LogP contribution in [-0.2, 0) is 9.84 Å². The van der Waals surface area contributed by atoms with Gasteiger partial charge in [0.25, 0.3) is 0 Å². The SMILES string of the molecule is COc1cc(C)nc(N2CCC(C)(C)S(=O)(=O)CC2)n1. The number of aryl methyl sites for hydroxylation is 1. The molecule has 0 saturated carbocycles. The van der Waals surface area contributed by atoms with Gasteiger partial charge >= 0.3 is 0 Å². The average Bonchev–Trinajstić information content (AvgIpc) is 2.46. The number of nitrogens with zero attached hydrogens (tertiary/aromatic N) is 3. The molecule has 1 saturated heterocycles. The Kier molecular flexibility index (Phi) is 3.90. The molecule has 1 fully saturated rings. The van der Waals surface area contributed by atoms with Crippen molar-refractivity contribution < 1.29 is 13.2 Å². The molecule has 1 aromatic heterocycles. The van der Waals surface area contributed by atoms with E-state index in [4.69, 9.17) is 4.74 Å². The molecule has 0 aromatic carbocycles. The first-order valence-electron chi connectivity index (χ1n) is 6.62. The van der Waals surface area contributed by atoms with Crippen molar-refractivity contribution in [3.63, 3.8) is 0 Å². The maximum Gasteiger partial charge on any atom is 0.228 e. The summed E-state index contributed by atoms with van der Waals surface area (Å²) < 4.78 is 28.8. The fraction of sp³-hybridized carbons (Fsp3) is 0.692. The van der Waals surface area contributed by atoms with E-state index in [-0.39, 0.29) is 5.75 Å². The van der Waals surface area contributed by atoms with Gasteiger partial charge in [-0.05, 0) is 27.2 Å². The number of anilines is 1. The van der Waals surface area contributed by atoms with Crippen LogP contribution < -0.4 is 9.64 Å². The van der Waals surface area contributed by atoms with Crippen molar-refractivity contribution in [1.82, 2.24) is 9.97 Å². The zero-order chi connectivity index (χ0) is 15.0. The summed E-state index contributed by atoms with van der Waals surface area (Å²) in [5.41, 5.74) is 0.804. The Balaban J connectivity index is 2.29. The lowest BCUT2D eigenvalue weighted by Crippen LogP contribution is -2.33. The second kappa shape index (κ2) is 5.20. The molecule has 0 unspecified atom stereocenters. The van der Waals surface area contributed by atoms with Crippen LogP contribution in [0.15, 0.2) is 6.07 Å². The number of sulfone groups is 1. The standard InChI is InChI=1S/C13H21N3O3S/c1-10-9-11(19-4)15-12(14-10)16-6-5-13(2,3)20(17,18)8-7-16/h9H,5-8H2,1-4H3. The van der Waals surface area contributed by atoms with Gasteiger partial charge < -0.3 is 9.64 Å². The maximum atomic E-state index is 12.2. The van der Waals surface area contributed by atoms with E-state index in [0.29, 0.717) is 31.3 Å². The highest BCUT2D eigenvalue weighted by Gasteiger charge is 2.37. The molecule has 0 radical (unpaired) electrons. The Morgan fingerprint density at radius 2 is 2.00 bits per heavy atom. The summed E-state index contributed by atoms with van der Waals surface area (Å²) in [7, 11) is -1.54. The van der Waals surface area contributed by atoms with Crippen LogP contribution in [0.4, 0.5) is 5.95 Å². The minimum Gasteiger partial charge on any atom is -0.481 e. The van der Waals surface area contributed by atoms with Crippen LogP contribution in [0.2, 0.25) is 0 Å². The number of hydrogen-bond acceptors (Lipinski definition) is 6. The molecule has 0 amide bonds. The molecule has 2 heterocycles. The van der Waals surface area contributed by atoms with Gasteiger partial charge in [0.05, 0.1) is 17.6 Å². The highest BCUT2D eigenvalue weighted by molar-refractivity contribution is 7.92. The molecular weight excluding hydrogens is 278 g/mol. The first-order chi connectivity index (χ1) is 9.25. The van der Waals surface area contributed by atoms with Crippen molar-refractivity contribution >= 4 is 15.8 Å². The summed E-state index contributed by atoms with van der Waals surface area (Å²) in [6.45, 7) is 6.47.